The van der Waals surface area contributed by atoms with Crippen molar-refractivity contribution in [3.8, 4) is 0 Å². The molecule has 2 aromatic rings. The highest BCUT2D eigenvalue weighted by atomic mass is 79.9. The van der Waals surface area contributed by atoms with E-state index in [-0.39, 0.29) is 5.91 Å². The van der Waals surface area contributed by atoms with E-state index in [2.05, 4.69) is 31.5 Å². The van der Waals surface area contributed by atoms with Crippen molar-refractivity contribution in [2.24, 2.45) is 0 Å². The van der Waals surface area contributed by atoms with E-state index in [1.165, 1.54) is 0 Å². The number of hydrogen-bond donors (Lipinski definition) is 2. The summed E-state index contributed by atoms with van der Waals surface area (Å²) in [5, 5.41) is 6.39. The van der Waals surface area contributed by atoms with Crippen molar-refractivity contribution in [3.63, 3.8) is 0 Å². The zero-order chi connectivity index (χ0) is 15.4. The van der Waals surface area contributed by atoms with Crippen molar-refractivity contribution in [1.29, 1.82) is 0 Å². The number of carbonyl (C=O) groups excluding carboxylic acids is 1. The SMILES string of the molecule is CCNc1ncc(Br)cc1C(=O)Nc1cc(C)ccc1Cl. The molecule has 110 valence electrons. The van der Waals surface area contributed by atoms with Crippen molar-refractivity contribution in [2.75, 3.05) is 17.2 Å². The van der Waals surface area contributed by atoms with E-state index >= 15 is 0 Å². The molecule has 21 heavy (non-hydrogen) atoms. The first-order valence-electron chi connectivity index (χ1n) is 6.48. The molecule has 6 heteroatoms. The molecule has 0 fully saturated rings. The first-order chi connectivity index (χ1) is 10.0. The summed E-state index contributed by atoms with van der Waals surface area (Å²) in [6.07, 6.45) is 1.65. The number of anilines is 2. The topological polar surface area (TPSA) is 54.0 Å². The lowest BCUT2D eigenvalue weighted by Crippen LogP contribution is -2.16. The Morgan fingerprint density at radius 1 is 1.38 bits per heavy atom. The minimum absolute atomic E-state index is 0.257. The number of rotatable bonds is 4. The summed E-state index contributed by atoms with van der Waals surface area (Å²) >= 11 is 9.44. The molecule has 1 aromatic heterocycles. The predicted molar refractivity (Wildman–Crippen MR) is 90.2 cm³/mol. The normalized spacial score (nSPS) is 10.3. The summed E-state index contributed by atoms with van der Waals surface area (Å²) < 4.78 is 0.740. The zero-order valence-corrected chi connectivity index (χ0v) is 14.0. The highest BCUT2D eigenvalue weighted by Gasteiger charge is 2.14. The van der Waals surface area contributed by atoms with Gasteiger partial charge in [-0.1, -0.05) is 17.7 Å². The fourth-order valence-corrected chi connectivity index (χ4v) is 2.34. The highest BCUT2D eigenvalue weighted by Crippen LogP contribution is 2.25. The summed E-state index contributed by atoms with van der Waals surface area (Å²) in [5.74, 6) is 0.286. The molecular weight excluding hydrogens is 354 g/mol. The van der Waals surface area contributed by atoms with E-state index in [1.807, 2.05) is 26.0 Å². The average molecular weight is 369 g/mol. The molecular formula is C15H15BrClN3O. The predicted octanol–water partition coefficient (Wildman–Crippen LogP) is 4.49. The van der Waals surface area contributed by atoms with Gasteiger partial charge in [-0.3, -0.25) is 4.79 Å². The summed E-state index contributed by atoms with van der Waals surface area (Å²) in [6.45, 7) is 4.57. The van der Waals surface area contributed by atoms with E-state index in [0.29, 0.717) is 28.6 Å². The number of nitrogens with one attached hydrogen (secondary N) is 2. The second-order valence-corrected chi connectivity index (χ2v) is 5.84. The van der Waals surface area contributed by atoms with Gasteiger partial charge in [-0.05, 0) is 53.5 Å². The fourth-order valence-electron chi connectivity index (χ4n) is 1.85. The molecule has 1 amide bonds. The average Bonchev–Trinajstić information content (AvgIpc) is 2.45. The van der Waals surface area contributed by atoms with E-state index in [9.17, 15) is 4.79 Å². The van der Waals surface area contributed by atoms with Crippen LogP contribution < -0.4 is 10.6 Å². The van der Waals surface area contributed by atoms with E-state index < -0.39 is 0 Å². The van der Waals surface area contributed by atoms with Crippen LogP contribution in [0.15, 0.2) is 34.9 Å². The summed E-state index contributed by atoms with van der Waals surface area (Å²) in [6, 6.07) is 7.21. The van der Waals surface area contributed by atoms with E-state index in [4.69, 9.17) is 11.6 Å². The van der Waals surface area contributed by atoms with Crippen molar-refractivity contribution >= 4 is 44.9 Å². The van der Waals surface area contributed by atoms with Gasteiger partial charge in [0.25, 0.3) is 5.91 Å². The Balaban J connectivity index is 2.31. The Morgan fingerprint density at radius 3 is 2.86 bits per heavy atom. The number of nitrogens with zero attached hydrogens (tertiary/aromatic N) is 1. The van der Waals surface area contributed by atoms with E-state index in [1.54, 1.807) is 18.3 Å². The Hall–Kier alpha value is -1.59. The van der Waals surface area contributed by atoms with Crippen molar-refractivity contribution < 1.29 is 4.79 Å². The summed E-state index contributed by atoms with van der Waals surface area (Å²) in [5.41, 5.74) is 2.07. The molecule has 2 N–H and O–H groups in total. The molecule has 0 aliphatic rings. The van der Waals surface area contributed by atoms with Crippen LogP contribution in [0.4, 0.5) is 11.5 Å². The smallest absolute Gasteiger partial charge is 0.259 e. The van der Waals surface area contributed by atoms with Crippen LogP contribution in [0.1, 0.15) is 22.8 Å². The minimum atomic E-state index is -0.257. The molecule has 2 rings (SSSR count). The van der Waals surface area contributed by atoms with Gasteiger partial charge >= 0.3 is 0 Å². The van der Waals surface area contributed by atoms with Gasteiger partial charge in [-0.15, -0.1) is 0 Å². The van der Waals surface area contributed by atoms with Gasteiger partial charge < -0.3 is 10.6 Å². The second kappa shape index (κ2) is 6.91. The molecule has 0 radical (unpaired) electrons. The van der Waals surface area contributed by atoms with Crippen LogP contribution in [0.5, 0.6) is 0 Å². The van der Waals surface area contributed by atoms with Gasteiger partial charge in [0, 0.05) is 17.2 Å². The third-order valence-electron chi connectivity index (χ3n) is 2.81. The van der Waals surface area contributed by atoms with Crippen LogP contribution in [0.25, 0.3) is 0 Å². The van der Waals surface area contributed by atoms with Crippen LogP contribution in [-0.2, 0) is 0 Å². The number of hydrogen-bond acceptors (Lipinski definition) is 3. The van der Waals surface area contributed by atoms with Gasteiger partial charge in [0.2, 0.25) is 0 Å². The number of carbonyl (C=O) groups is 1. The Kier molecular flexibility index (Phi) is 5.20. The number of aryl methyl sites for hydroxylation is 1. The van der Waals surface area contributed by atoms with Gasteiger partial charge in [0.15, 0.2) is 0 Å². The monoisotopic (exact) mass is 367 g/mol. The third-order valence-corrected chi connectivity index (χ3v) is 3.58. The van der Waals surface area contributed by atoms with Gasteiger partial charge in [0.1, 0.15) is 5.82 Å². The Morgan fingerprint density at radius 2 is 2.14 bits per heavy atom. The van der Waals surface area contributed by atoms with Crippen LogP contribution >= 0.6 is 27.5 Å². The molecule has 0 atom stereocenters. The lowest BCUT2D eigenvalue weighted by molar-refractivity contribution is 0.102. The second-order valence-electron chi connectivity index (χ2n) is 4.52. The molecule has 0 saturated heterocycles. The largest absolute Gasteiger partial charge is 0.370 e. The van der Waals surface area contributed by atoms with E-state index in [0.717, 1.165) is 10.0 Å². The van der Waals surface area contributed by atoms with Gasteiger partial charge in [-0.25, -0.2) is 4.98 Å². The maximum atomic E-state index is 12.5. The first-order valence-corrected chi connectivity index (χ1v) is 7.65. The van der Waals surface area contributed by atoms with Crippen LogP contribution in [0, 0.1) is 6.92 Å². The fraction of sp³-hybridized carbons (Fsp3) is 0.200. The maximum absolute atomic E-state index is 12.5. The standard InChI is InChI=1S/C15H15BrClN3O/c1-3-18-14-11(7-10(16)8-19-14)15(21)20-13-6-9(2)4-5-12(13)17/h4-8H,3H2,1-2H3,(H,18,19)(H,20,21). The molecule has 0 aliphatic heterocycles. The van der Waals surface area contributed by atoms with Crippen molar-refractivity contribution in [2.45, 2.75) is 13.8 Å². The number of benzene rings is 1. The maximum Gasteiger partial charge on any atom is 0.259 e. The quantitative estimate of drug-likeness (QED) is 0.836. The molecule has 1 heterocycles. The summed E-state index contributed by atoms with van der Waals surface area (Å²) in [4.78, 5) is 16.7. The molecule has 0 saturated carbocycles. The van der Waals surface area contributed by atoms with Crippen LogP contribution in [-0.4, -0.2) is 17.4 Å². The minimum Gasteiger partial charge on any atom is -0.370 e. The first kappa shape index (κ1) is 15.8. The number of aromatic nitrogens is 1. The third kappa shape index (κ3) is 3.95. The van der Waals surface area contributed by atoms with Gasteiger partial charge in [0.05, 0.1) is 16.3 Å². The molecule has 0 bridgehead atoms. The molecule has 0 unspecified atom stereocenters. The lowest BCUT2D eigenvalue weighted by atomic mass is 10.2. The van der Waals surface area contributed by atoms with Crippen molar-refractivity contribution in [1.82, 2.24) is 4.98 Å². The molecule has 4 nitrogen and oxygen atoms in total. The van der Waals surface area contributed by atoms with Crippen LogP contribution in [0.2, 0.25) is 5.02 Å². The molecule has 0 aliphatic carbocycles. The van der Waals surface area contributed by atoms with Crippen molar-refractivity contribution in [3.05, 3.63) is 51.1 Å². The molecule has 0 spiro atoms. The highest BCUT2D eigenvalue weighted by molar-refractivity contribution is 9.10. The lowest BCUT2D eigenvalue weighted by Gasteiger charge is -2.12. The number of halogens is 2. The number of amides is 1. The Bertz CT molecular complexity index is 676. The van der Waals surface area contributed by atoms with Crippen LogP contribution in [0.3, 0.4) is 0 Å². The molecule has 1 aromatic carbocycles. The Labute approximate surface area is 137 Å². The number of pyridine rings is 1. The zero-order valence-electron chi connectivity index (χ0n) is 11.7. The summed E-state index contributed by atoms with van der Waals surface area (Å²) in [7, 11) is 0. The van der Waals surface area contributed by atoms with Gasteiger partial charge in [-0.2, -0.15) is 0 Å².